The quantitative estimate of drug-likeness (QED) is 0.772. The summed E-state index contributed by atoms with van der Waals surface area (Å²) in [5, 5.41) is 2.90. The maximum absolute atomic E-state index is 11.3. The normalized spacial score (nSPS) is 9.53. The van der Waals surface area contributed by atoms with Crippen molar-refractivity contribution in [1.29, 1.82) is 0 Å². The Morgan fingerprint density at radius 1 is 1.33 bits per heavy atom. The molecule has 3 N–H and O–H groups in total. The van der Waals surface area contributed by atoms with Crippen molar-refractivity contribution in [2.45, 2.75) is 0 Å². The van der Waals surface area contributed by atoms with Crippen LogP contribution in [-0.2, 0) is 0 Å². The van der Waals surface area contributed by atoms with Gasteiger partial charge in [0.15, 0.2) is 5.75 Å². The van der Waals surface area contributed by atoms with Gasteiger partial charge in [-0.2, -0.15) is 0 Å². The molecule has 1 amide bonds. The zero-order valence-electron chi connectivity index (χ0n) is 8.96. The lowest BCUT2D eigenvalue weighted by molar-refractivity contribution is 0.0994. The Labute approximate surface area is 88.2 Å². The third-order valence-electron chi connectivity index (χ3n) is 2.06. The Morgan fingerprint density at radius 2 is 2.00 bits per heavy atom. The Kier molecular flexibility index (Phi) is 3.38. The molecule has 0 saturated carbocycles. The number of benzene rings is 1. The van der Waals surface area contributed by atoms with E-state index in [2.05, 4.69) is 5.32 Å². The summed E-state index contributed by atoms with van der Waals surface area (Å²) >= 11 is 0. The molecular weight excluding hydrogens is 196 g/mol. The van der Waals surface area contributed by atoms with E-state index in [4.69, 9.17) is 15.2 Å². The van der Waals surface area contributed by atoms with Crippen LogP contribution in [0.1, 0.15) is 10.4 Å². The maximum atomic E-state index is 11.3. The van der Waals surface area contributed by atoms with Crippen LogP contribution in [0.2, 0.25) is 0 Å². The van der Waals surface area contributed by atoms with Crippen molar-refractivity contribution < 1.29 is 14.3 Å². The molecule has 0 unspecified atom stereocenters. The van der Waals surface area contributed by atoms with Gasteiger partial charge in [0.05, 0.1) is 19.9 Å². The first-order chi connectivity index (χ1) is 7.15. The van der Waals surface area contributed by atoms with Gasteiger partial charge in [0, 0.05) is 7.05 Å². The standard InChI is InChI=1S/C10H14N2O3/c1-12-6-4-5-7(14-2)8(10(11)13)9(6)15-3/h4-5,12H,1-3H3,(H2,11,13). The van der Waals surface area contributed by atoms with Gasteiger partial charge in [-0.25, -0.2) is 0 Å². The number of amides is 1. The smallest absolute Gasteiger partial charge is 0.256 e. The van der Waals surface area contributed by atoms with Crippen molar-refractivity contribution in [3.05, 3.63) is 17.7 Å². The van der Waals surface area contributed by atoms with Gasteiger partial charge in [0.25, 0.3) is 5.91 Å². The van der Waals surface area contributed by atoms with Gasteiger partial charge in [0.2, 0.25) is 0 Å². The molecule has 0 aromatic heterocycles. The van der Waals surface area contributed by atoms with Crippen LogP contribution in [0.15, 0.2) is 12.1 Å². The summed E-state index contributed by atoms with van der Waals surface area (Å²) in [5.41, 5.74) is 6.19. The van der Waals surface area contributed by atoms with E-state index in [-0.39, 0.29) is 5.56 Å². The SMILES string of the molecule is CNc1ccc(OC)c(C(N)=O)c1OC. The number of carbonyl (C=O) groups excluding carboxylic acids is 1. The number of rotatable bonds is 4. The molecule has 0 bridgehead atoms. The molecule has 5 heteroatoms. The van der Waals surface area contributed by atoms with Gasteiger partial charge < -0.3 is 20.5 Å². The summed E-state index contributed by atoms with van der Waals surface area (Å²) in [5.74, 6) is 0.212. The molecule has 0 spiro atoms. The first kappa shape index (κ1) is 11.2. The molecule has 0 radical (unpaired) electrons. The zero-order valence-corrected chi connectivity index (χ0v) is 8.96. The van der Waals surface area contributed by atoms with Crippen LogP contribution in [0.5, 0.6) is 11.5 Å². The molecule has 0 heterocycles. The van der Waals surface area contributed by atoms with Gasteiger partial charge in [0.1, 0.15) is 11.3 Å². The third-order valence-corrected chi connectivity index (χ3v) is 2.06. The van der Waals surface area contributed by atoms with E-state index in [1.54, 1.807) is 19.2 Å². The molecule has 5 nitrogen and oxygen atoms in total. The Balaban J connectivity index is 3.44. The fraction of sp³-hybridized carbons (Fsp3) is 0.300. The monoisotopic (exact) mass is 210 g/mol. The predicted octanol–water partition coefficient (Wildman–Crippen LogP) is 0.844. The van der Waals surface area contributed by atoms with Gasteiger partial charge in [-0.3, -0.25) is 4.79 Å². The van der Waals surface area contributed by atoms with E-state index in [1.807, 2.05) is 0 Å². The van der Waals surface area contributed by atoms with Crippen LogP contribution in [-0.4, -0.2) is 27.2 Å². The zero-order chi connectivity index (χ0) is 11.4. The van der Waals surface area contributed by atoms with Crippen molar-refractivity contribution in [3.63, 3.8) is 0 Å². The van der Waals surface area contributed by atoms with Crippen molar-refractivity contribution in [3.8, 4) is 11.5 Å². The van der Waals surface area contributed by atoms with Crippen LogP contribution in [0.25, 0.3) is 0 Å². The number of nitrogens with two attached hydrogens (primary N) is 1. The van der Waals surface area contributed by atoms with Crippen LogP contribution < -0.4 is 20.5 Å². The van der Waals surface area contributed by atoms with Crippen molar-refractivity contribution in [2.24, 2.45) is 5.73 Å². The fourth-order valence-corrected chi connectivity index (χ4v) is 1.38. The lowest BCUT2D eigenvalue weighted by Crippen LogP contribution is -2.15. The fourth-order valence-electron chi connectivity index (χ4n) is 1.38. The minimum atomic E-state index is -0.583. The second-order valence-electron chi connectivity index (χ2n) is 2.84. The molecule has 0 aliphatic carbocycles. The van der Waals surface area contributed by atoms with Crippen molar-refractivity contribution in [2.75, 3.05) is 26.6 Å². The number of carbonyl (C=O) groups is 1. The number of hydrogen-bond acceptors (Lipinski definition) is 4. The molecule has 82 valence electrons. The van der Waals surface area contributed by atoms with E-state index >= 15 is 0 Å². The summed E-state index contributed by atoms with van der Waals surface area (Å²) < 4.78 is 10.2. The van der Waals surface area contributed by atoms with Gasteiger partial charge in [-0.1, -0.05) is 0 Å². The molecule has 0 atom stereocenters. The van der Waals surface area contributed by atoms with Crippen molar-refractivity contribution in [1.82, 2.24) is 0 Å². The topological polar surface area (TPSA) is 73.6 Å². The number of nitrogens with one attached hydrogen (secondary N) is 1. The first-order valence-corrected chi connectivity index (χ1v) is 4.38. The van der Waals surface area contributed by atoms with Crippen LogP contribution >= 0.6 is 0 Å². The van der Waals surface area contributed by atoms with E-state index < -0.39 is 5.91 Å². The molecule has 1 aromatic carbocycles. The van der Waals surface area contributed by atoms with E-state index in [1.165, 1.54) is 14.2 Å². The lowest BCUT2D eigenvalue weighted by atomic mass is 10.1. The Hall–Kier alpha value is -1.91. The lowest BCUT2D eigenvalue weighted by Gasteiger charge is -2.14. The van der Waals surface area contributed by atoms with Gasteiger partial charge in [-0.05, 0) is 12.1 Å². The molecule has 15 heavy (non-hydrogen) atoms. The van der Waals surface area contributed by atoms with Crippen LogP contribution in [0.3, 0.4) is 0 Å². The van der Waals surface area contributed by atoms with E-state index in [9.17, 15) is 4.79 Å². The molecule has 1 rings (SSSR count). The Morgan fingerprint density at radius 3 is 2.40 bits per heavy atom. The second kappa shape index (κ2) is 4.54. The number of anilines is 1. The average molecular weight is 210 g/mol. The summed E-state index contributed by atoms with van der Waals surface area (Å²) in [6.07, 6.45) is 0. The van der Waals surface area contributed by atoms with Gasteiger partial charge in [-0.15, -0.1) is 0 Å². The molecule has 0 aliphatic rings. The van der Waals surface area contributed by atoms with Crippen LogP contribution in [0.4, 0.5) is 5.69 Å². The highest BCUT2D eigenvalue weighted by Gasteiger charge is 2.18. The van der Waals surface area contributed by atoms with E-state index in [0.717, 1.165) is 0 Å². The highest BCUT2D eigenvalue weighted by Crippen LogP contribution is 2.34. The number of methoxy groups -OCH3 is 2. The highest BCUT2D eigenvalue weighted by atomic mass is 16.5. The summed E-state index contributed by atoms with van der Waals surface area (Å²) in [6, 6.07) is 3.42. The first-order valence-electron chi connectivity index (χ1n) is 4.38. The predicted molar refractivity (Wildman–Crippen MR) is 57.6 cm³/mol. The summed E-state index contributed by atoms with van der Waals surface area (Å²) in [6.45, 7) is 0. The Bertz CT molecular complexity index is 377. The minimum absolute atomic E-state index is 0.242. The number of primary amides is 1. The minimum Gasteiger partial charge on any atom is -0.496 e. The molecule has 0 aliphatic heterocycles. The third kappa shape index (κ3) is 1.96. The summed E-state index contributed by atoms with van der Waals surface area (Å²) in [7, 11) is 4.68. The van der Waals surface area contributed by atoms with Crippen molar-refractivity contribution >= 4 is 11.6 Å². The molecular formula is C10H14N2O3. The van der Waals surface area contributed by atoms with E-state index in [0.29, 0.717) is 17.2 Å². The largest absolute Gasteiger partial charge is 0.496 e. The maximum Gasteiger partial charge on any atom is 0.256 e. The molecule has 0 fully saturated rings. The number of ether oxygens (including phenoxy) is 2. The highest BCUT2D eigenvalue weighted by molar-refractivity contribution is 6.00. The summed E-state index contributed by atoms with van der Waals surface area (Å²) in [4.78, 5) is 11.3. The van der Waals surface area contributed by atoms with Crippen LogP contribution in [0, 0.1) is 0 Å². The van der Waals surface area contributed by atoms with Gasteiger partial charge >= 0.3 is 0 Å². The molecule has 0 saturated heterocycles. The molecule has 1 aromatic rings. The number of hydrogen-bond donors (Lipinski definition) is 2. The average Bonchev–Trinajstić information content (AvgIpc) is 2.26. The second-order valence-corrected chi connectivity index (χ2v) is 2.84.